The van der Waals surface area contributed by atoms with E-state index in [9.17, 15) is 22.4 Å². The topological polar surface area (TPSA) is 59.0 Å². The fourth-order valence-electron chi connectivity index (χ4n) is 3.82. The van der Waals surface area contributed by atoms with Crippen molar-refractivity contribution in [3.05, 3.63) is 71.8 Å². The highest BCUT2D eigenvalue weighted by atomic mass is 19.4. The number of rotatable bonds is 5. The van der Waals surface area contributed by atoms with Crippen molar-refractivity contribution in [3.63, 3.8) is 0 Å². The van der Waals surface area contributed by atoms with Gasteiger partial charge in [0.05, 0.1) is 24.2 Å². The Hall–Kier alpha value is -3.20. The molecular weight excluding hydrogens is 424 g/mol. The van der Waals surface area contributed by atoms with Crippen molar-refractivity contribution in [1.82, 2.24) is 15.1 Å². The summed E-state index contributed by atoms with van der Waals surface area (Å²) >= 11 is 0. The van der Waals surface area contributed by atoms with E-state index < -0.39 is 23.5 Å². The molecule has 1 fully saturated rings. The molecule has 3 aromatic rings. The van der Waals surface area contributed by atoms with Gasteiger partial charge in [0, 0.05) is 23.0 Å². The Morgan fingerprint density at radius 2 is 1.94 bits per heavy atom. The molecule has 1 aromatic heterocycles. The van der Waals surface area contributed by atoms with Crippen LogP contribution in [0.15, 0.2) is 54.9 Å². The van der Waals surface area contributed by atoms with Crippen LogP contribution in [0.3, 0.4) is 0 Å². The Bertz CT molecular complexity index is 1100. The number of carbonyl (C=O) groups is 1. The molecule has 2 heterocycles. The standard InChI is InChI=1S/C23H22F4N4O/c24-21-12-18(30-22(32)11-15-2-1-3-17(10-15)23(25,26)27)4-5-20(21)16-13-29-31(14-16)19-6-8-28-9-7-19/h1-5,10,12-14,19,28H,6-9,11H2,(H,30,32). The lowest BCUT2D eigenvalue weighted by atomic mass is 10.1. The summed E-state index contributed by atoms with van der Waals surface area (Å²) in [5.41, 5.74) is 0.640. The van der Waals surface area contributed by atoms with Gasteiger partial charge in [0.15, 0.2) is 0 Å². The number of hydrogen-bond acceptors (Lipinski definition) is 3. The lowest BCUT2D eigenvalue weighted by molar-refractivity contribution is -0.137. The maximum atomic E-state index is 14.7. The predicted molar refractivity (Wildman–Crippen MR) is 113 cm³/mol. The summed E-state index contributed by atoms with van der Waals surface area (Å²) in [6, 6.07) is 9.17. The van der Waals surface area contributed by atoms with Crippen molar-refractivity contribution in [1.29, 1.82) is 0 Å². The van der Waals surface area contributed by atoms with Crippen LogP contribution < -0.4 is 10.6 Å². The summed E-state index contributed by atoms with van der Waals surface area (Å²) in [6.45, 7) is 1.84. The first-order valence-corrected chi connectivity index (χ1v) is 10.3. The molecule has 4 rings (SSSR count). The molecule has 1 aliphatic rings. The van der Waals surface area contributed by atoms with Gasteiger partial charge in [-0.15, -0.1) is 0 Å². The van der Waals surface area contributed by atoms with E-state index in [-0.39, 0.29) is 23.7 Å². The number of carbonyl (C=O) groups excluding carboxylic acids is 1. The van der Waals surface area contributed by atoms with Gasteiger partial charge in [-0.2, -0.15) is 18.3 Å². The summed E-state index contributed by atoms with van der Waals surface area (Å²) in [4.78, 5) is 12.3. The number of nitrogens with zero attached hydrogens (tertiary/aromatic N) is 2. The molecule has 168 valence electrons. The van der Waals surface area contributed by atoms with Crippen LogP contribution in [-0.2, 0) is 17.4 Å². The van der Waals surface area contributed by atoms with Crippen LogP contribution in [0.4, 0.5) is 23.2 Å². The SMILES string of the molecule is O=C(Cc1cccc(C(F)(F)F)c1)Nc1ccc(-c2cnn(C3CCNCC3)c2)c(F)c1. The summed E-state index contributed by atoms with van der Waals surface area (Å²) in [7, 11) is 0. The number of halogens is 4. The Balaban J connectivity index is 1.42. The highest BCUT2D eigenvalue weighted by Gasteiger charge is 2.30. The molecule has 1 saturated heterocycles. The van der Waals surface area contributed by atoms with Gasteiger partial charge >= 0.3 is 6.18 Å². The second-order valence-electron chi connectivity index (χ2n) is 7.81. The van der Waals surface area contributed by atoms with Crippen LogP contribution in [0.1, 0.15) is 30.0 Å². The molecule has 32 heavy (non-hydrogen) atoms. The maximum absolute atomic E-state index is 14.7. The fourth-order valence-corrected chi connectivity index (χ4v) is 3.82. The number of piperidine rings is 1. The number of nitrogens with one attached hydrogen (secondary N) is 2. The van der Waals surface area contributed by atoms with Gasteiger partial charge in [-0.25, -0.2) is 4.39 Å². The molecule has 1 amide bonds. The average Bonchev–Trinajstić information content (AvgIpc) is 3.24. The molecule has 0 radical (unpaired) electrons. The number of anilines is 1. The molecule has 0 bridgehead atoms. The first-order chi connectivity index (χ1) is 15.3. The second kappa shape index (κ2) is 9.12. The maximum Gasteiger partial charge on any atom is 0.416 e. The number of aromatic nitrogens is 2. The molecule has 1 aliphatic heterocycles. The van der Waals surface area contributed by atoms with Crippen LogP contribution in [-0.4, -0.2) is 28.8 Å². The summed E-state index contributed by atoms with van der Waals surface area (Å²) in [6.07, 6.45) is 0.622. The molecule has 0 spiro atoms. The third kappa shape index (κ3) is 5.16. The van der Waals surface area contributed by atoms with E-state index in [2.05, 4.69) is 15.7 Å². The van der Waals surface area contributed by atoms with Crippen molar-refractivity contribution in [2.45, 2.75) is 31.5 Å². The lowest BCUT2D eigenvalue weighted by Crippen LogP contribution is -2.29. The van der Waals surface area contributed by atoms with Crippen LogP contribution in [0.25, 0.3) is 11.1 Å². The Morgan fingerprint density at radius 3 is 2.66 bits per heavy atom. The Kier molecular flexibility index (Phi) is 6.27. The largest absolute Gasteiger partial charge is 0.416 e. The molecule has 0 saturated carbocycles. The third-order valence-corrected chi connectivity index (χ3v) is 5.47. The lowest BCUT2D eigenvalue weighted by Gasteiger charge is -2.22. The molecule has 9 heteroatoms. The smallest absolute Gasteiger partial charge is 0.326 e. The third-order valence-electron chi connectivity index (χ3n) is 5.47. The van der Waals surface area contributed by atoms with Crippen LogP contribution >= 0.6 is 0 Å². The molecule has 2 aromatic carbocycles. The van der Waals surface area contributed by atoms with Crippen LogP contribution in [0.5, 0.6) is 0 Å². The molecule has 2 N–H and O–H groups in total. The predicted octanol–water partition coefficient (Wildman–Crippen LogP) is 4.81. The highest BCUT2D eigenvalue weighted by molar-refractivity contribution is 5.92. The van der Waals surface area contributed by atoms with Gasteiger partial charge in [-0.05, 0) is 55.8 Å². The zero-order valence-corrected chi connectivity index (χ0v) is 17.1. The van der Waals surface area contributed by atoms with Gasteiger partial charge in [0.25, 0.3) is 0 Å². The Labute approximate surface area is 182 Å². The normalized spacial score (nSPS) is 15.0. The van der Waals surface area contributed by atoms with Crippen LogP contribution in [0, 0.1) is 5.82 Å². The van der Waals surface area contributed by atoms with E-state index in [1.165, 1.54) is 18.2 Å². The van der Waals surface area contributed by atoms with Gasteiger partial charge in [0.1, 0.15) is 5.82 Å². The van der Waals surface area contributed by atoms with E-state index in [1.54, 1.807) is 18.3 Å². The number of hydrogen-bond donors (Lipinski definition) is 2. The molecule has 0 aliphatic carbocycles. The summed E-state index contributed by atoms with van der Waals surface area (Å²) < 4.78 is 55.1. The minimum Gasteiger partial charge on any atom is -0.326 e. The zero-order valence-electron chi connectivity index (χ0n) is 17.1. The zero-order chi connectivity index (χ0) is 22.7. The van der Waals surface area contributed by atoms with E-state index in [1.807, 2.05) is 10.9 Å². The van der Waals surface area contributed by atoms with Crippen molar-refractivity contribution in [2.24, 2.45) is 0 Å². The Morgan fingerprint density at radius 1 is 1.16 bits per heavy atom. The minimum absolute atomic E-state index is 0.222. The number of amides is 1. The van der Waals surface area contributed by atoms with Crippen molar-refractivity contribution >= 4 is 11.6 Å². The number of alkyl halides is 3. The van der Waals surface area contributed by atoms with E-state index in [4.69, 9.17) is 0 Å². The van der Waals surface area contributed by atoms with Gasteiger partial charge in [0.2, 0.25) is 5.91 Å². The fraction of sp³-hybridized carbons (Fsp3) is 0.304. The van der Waals surface area contributed by atoms with Gasteiger partial charge in [-0.1, -0.05) is 18.2 Å². The highest BCUT2D eigenvalue weighted by Crippen LogP contribution is 2.30. The first kappa shape index (κ1) is 22.0. The van der Waals surface area contributed by atoms with E-state index in [0.717, 1.165) is 38.1 Å². The summed E-state index contributed by atoms with van der Waals surface area (Å²) in [5, 5.41) is 10.2. The number of benzene rings is 2. The summed E-state index contributed by atoms with van der Waals surface area (Å²) in [5.74, 6) is -1.05. The van der Waals surface area contributed by atoms with Crippen molar-refractivity contribution in [3.8, 4) is 11.1 Å². The van der Waals surface area contributed by atoms with Crippen molar-refractivity contribution in [2.75, 3.05) is 18.4 Å². The first-order valence-electron chi connectivity index (χ1n) is 10.3. The van der Waals surface area contributed by atoms with Gasteiger partial charge in [-0.3, -0.25) is 9.48 Å². The van der Waals surface area contributed by atoms with Crippen molar-refractivity contribution < 1.29 is 22.4 Å². The molecular formula is C23H22F4N4O. The average molecular weight is 446 g/mol. The monoisotopic (exact) mass is 446 g/mol. The van der Waals surface area contributed by atoms with Gasteiger partial charge < -0.3 is 10.6 Å². The van der Waals surface area contributed by atoms with Crippen LogP contribution in [0.2, 0.25) is 0 Å². The second-order valence-corrected chi connectivity index (χ2v) is 7.81. The molecule has 0 unspecified atom stereocenters. The quantitative estimate of drug-likeness (QED) is 0.553. The molecule has 0 atom stereocenters. The minimum atomic E-state index is -4.48. The molecule has 5 nitrogen and oxygen atoms in total. The van der Waals surface area contributed by atoms with E-state index >= 15 is 0 Å². The van der Waals surface area contributed by atoms with E-state index in [0.29, 0.717) is 11.1 Å².